The highest BCUT2D eigenvalue weighted by Crippen LogP contribution is 2.17. The van der Waals surface area contributed by atoms with E-state index in [1.165, 1.54) is 19.0 Å². The Bertz CT molecular complexity index is 415. The van der Waals surface area contributed by atoms with E-state index in [9.17, 15) is 4.79 Å². The van der Waals surface area contributed by atoms with Crippen LogP contribution in [0, 0.1) is 5.92 Å². The number of amides is 1. The molecule has 1 aliphatic heterocycles. The third-order valence-corrected chi connectivity index (χ3v) is 3.69. The van der Waals surface area contributed by atoms with Crippen molar-refractivity contribution >= 4 is 5.91 Å². The van der Waals surface area contributed by atoms with E-state index in [1.54, 1.807) is 12.4 Å². The third kappa shape index (κ3) is 4.27. The Labute approximate surface area is 120 Å². The maximum absolute atomic E-state index is 12.0. The van der Waals surface area contributed by atoms with Gasteiger partial charge in [0.1, 0.15) is 5.69 Å². The van der Waals surface area contributed by atoms with Crippen molar-refractivity contribution in [3.05, 3.63) is 24.3 Å². The summed E-state index contributed by atoms with van der Waals surface area (Å²) in [5.41, 5.74) is 0.386. The van der Waals surface area contributed by atoms with Crippen LogP contribution in [-0.4, -0.2) is 46.5 Å². The standard InChI is InChI=1S/C15H24N4O/c1-12(2)9-13(19-7-3-4-8-19)10-18-15(20)14-11-16-5-6-17-14/h5-6,11-13H,3-4,7-10H2,1-2H3,(H,18,20). The monoisotopic (exact) mass is 276 g/mol. The Balaban J connectivity index is 1.89. The van der Waals surface area contributed by atoms with Crippen LogP contribution in [-0.2, 0) is 0 Å². The van der Waals surface area contributed by atoms with Gasteiger partial charge in [-0.3, -0.25) is 14.7 Å². The van der Waals surface area contributed by atoms with E-state index in [-0.39, 0.29) is 5.91 Å². The molecule has 5 heteroatoms. The second kappa shape index (κ2) is 7.33. The molecular weight excluding hydrogens is 252 g/mol. The maximum atomic E-state index is 12.0. The number of carbonyl (C=O) groups is 1. The quantitative estimate of drug-likeness (QED) is 0.859. The summed E-state index contributed by atoms with van der Waals surface area (Å²) in [5, 5.41) is 3.00. The van der Waals surface area contributed by atoms with Crippen molar-refractivity contribution in [1.29, 1.82) is 0 Å². The van der Waals surface area contributed by atoms with E-state index in [1.807, 2.05) is 0 Å². The van der Waals surface area contributed by atoms with Crippen LogP contribution >= 0.6 is 0 Å². The Morgan fingerprint density at radius 2 is 2.10 bits per heavy atom. The van der Waals surface area contributed by atoms with Crippen LogP contribution in [0.3, 0.4) is 0 Å². The summed E-state index contributed by atoms with van der Waals surface area (Å²) in [6.07, 6.45) is 8.27. The molecule has 1 unspecified atom stereocenters. The zero-order valence-electron chi connectivity index (χ0n) is 12.4. The van der Waals surface area contributed by atoms with Gasteiger partial charge in [0.15, 0.2) is 0 Å². The van der Waals surface area contributed by atoms with Crippen molar-refractivity contribution in [1.82, 2.24) is 20.2 Å². The lowest BCUT2D eigenvalue weighted by Crippen LogP contribution is -2.43. The summed E-state index contributed by atoms with van der Waals surface area (Å²) >= 11 is 0. The molecule has 1 saturated heterocycles. The largest absolute Gasteiger partial charge is 0.349 e. The van der Waals surface area contributed by atoms with Crippen molar-refractivity contribution in [3.8, 4) is 0 Å². The molecule has 0 bridgehead atoms. The molecule has 2 heterocycles. The zero-order valence-corrected chi connectivity index (χ0v) is 12.4. The second-order valence-corrected chi connectivity index (χ2v) is 5.83. The summed E-state index contributed by atoms with van der Waals surface area (Å²) < 4.78 is 0. The van der Waals surface area contributed by atoms with Gasteiger partial charge in [-0.05, 0) is 38.3 Å². The molecule has 110 valence electrons. The lowest BCUT2D eigenvalue weighted by Gasteiger charge is -2.29. The number of likely N-dealkylation sites (tertiary alicyclic amines) is 1. The van der Waals surface area contributed by atoms with Gasteiger partial charge < -0.3 is 5.32 Å². The number of hydrogen-bond donors (Lipinski definition) is 1. The van der Waals surface area contributed by atoms with Crippen LogP contribution in [0.2, 0.25) is 0 Å². The molecule has 0 radical (unpaired) electrons. The molecule has 0 saturated carbocycles. The van der Waals surface area contributed by atoms with E-state index >= 15 is 0 Å². The number of hydrogen-bond acceptors (Lipinski definition) is 4. The van der Waals surface area contributed by atoms with Gasteiger partial charge in [0, 0.05) is 25.0 Å². The van der Waals surface area contributed by atoms with Gasteiger partial charge >= 0.3 is 0 Å². The van der Waals surface area contributed by atoms with Crippen molar-refractivity contribution in [2.75, 3.05) is 19.6 Å². The summed E-state index contributed by atoms with van der Waals surface area (Å²) in [4.78, 5) is 22.5. The maximum Gasteiger partial charge on any atom is 0.271 e. The first kappa shape index (κ1) is 14.9. The minimum absolute atomic E-state index is 0.133. The molecule has 1 aromatic heterocycles. The average Bonchev–Trinajstić information content (AvgIpc) is 2.97. The molecule has 0 spiro atoms. The molecule has 1 N–H and O–H groups in total. The summed E-state index contributed by atoms with van der Waals surface area (Å²) in [7, 11) is 0. The first-order chi connectivity index (χ1) is 9.66. The van der Waals surface area contributed by atoms with Gasteiger partial charge in [-0.25, -0.2) is 4.98 Å². The van der Waals surface area contributed by atoms with Crippen molar-refractivity contribution in [2.24, 2.45) is 5.92 Å². The fourth-order valence-corrected chi connectivity index (χ4v) is 2.73. The predicted molar refractivity (Wildman–Crippen MR) is 78.4 cm³/mol. The predicted octanol–water partition coefficient (Wildman–Crippen LogP) is 1.72. The highest BCUT2D eigenvalue weighted by Gasteiger charge is 2.23. The van der Waals surface area contributed by atoms with Crippen LogP contribution in [0.15, 0.2) is 18.6 Å². The fourth-order valence-electron chi connectivity index (χ4n) is 2.73. The number of nitrogens with zero attached hydrogens (tertiary/aromatic N) is 3. The minimum atomic E-state index is -0.133. The molecule has 1 atom stereocenters. The Morgan fingerprint density at radius 1 is 1.35 bits per heavy atom. The molecule has 0 aliphatic carbocycles. The molecule has 5 nitrogen and oxygen atoms in total. The van der Waals surface area contributed by atoms with Crippen LogP contribution in [0.25, 0.3) is 0 Å². The summed E-state index contributed by atoms with van der Waals surface area (Å²) in [6.45, 7) is 7.45. The van der Waals surface area contributed by atoms with Gasteiger partial charge in [0.2, 0.25) is 0 Å². The normalized spacial score (nSPS) is 17.4. The smallest absolute Gasteiger partial charge is 0.271 e. The number of nitrogens with one attached hydrogen (secondary N) is 1. The van der Waals surface area contributed by atoms with Gasteiger partial charge in [-0.1, -0.05) is 13.8 Å². The molecule has 1 amide bonds. The fraction of sp³-hybridized carbons (Fsp3) is 0.667. The van der Waals surface area contributed by atoms with E-state index in [0.717, 1.165) is 19.5 Å². The minimum Gasteiger partial charge on any atom is -0.349 e. The molecule has 0 aromatic carbocycles. The van der Waals surface area contributed by atoms with Gasteiger partial charge in [0.05, 0.1) is 6.20 Å². The van der Waals surface area contributed by atoms with E-state index in [2.05, 4.69) is 34.0 Å². The first-order valence-corrected chi connectivity index (χ1v) is 7.45. The van der Waals surface area contributed by atoms with Crippen molar-refractivity contribution < 1.29 is 4.79 Å². The van der Waals surface area contributed by atoms with E-state index < -0.39 is 0 Å². The highest BCUT2D eigenvalue weighted by molar-refractivity contribution is 5.91. The Morgan fingerprint density at radius 3 is 2.70 bits per heavy atom. The molecule has 1 aromatic rings. The summed E-state index contributed by atoms with van der Waals surface area (Å²) in [5.74, 6) is 0.500. The SMILES string of the molecule is CC(C)CC(CNC(=O)c1cnccn1)N1CCCC1. The number of aromatic nitrogens is 2. The third-order valence-electron chi connectivity index (χ3n) is 3.69. The molecular formula is C15H24N4O. The van der Waals surface area contributed by atoms with E-state index in [4.69, 9.17) is 0 Å². The van der Waals surface area contributed by atoms with Crippen molar-refractivity contribution in [3.63, 3.8) is 0 Å². The van der Waals surface area contributed by atoms with Crippen molar-refractivity contribution in [2.45, 2.75) is 39.2 Å². The molecule has 1 aliphatic rings. The number of rotatable bonds is 6. The Hall–Kier alpha value is -1.49. The second-order valence-electron chi connectivity index (χ2n) is 5.83. The Kier molecular flexibility index (Phi) is 5.47. The number of carbonyl (C=O) groups excluding carboxylic acids is 1. The lowest BCUT2D eigenvalue weighted by atomic mass is 10.0. The molecule has 1 fully saturated rings. The lowest BCUT2D eigenvalue weighted by molar-refractivity contribution is 0.0927. The topological polar surface area (TPSA) is 58.1 Å². The van der Waals surface area contributed by atoms with E-state index in [0.29, 0.717) is 24.2 Å². The van der Waals surface area contributed by atoms with Crippen LogP contribution in [0.1, 0.15) is 43.6 Å². The summed E-state index contributed by atoms with van der Waals surface area (Å²) in [6, 6.07) is 0.429. The van der Waals surface area contributed by atoms with Gasteiger partial charge in [-0.15, -0.1) is 0 Å². The van der Waals surface area contributed by atoms with Gasteiger partial charge in [-0.2, -0.15) is 0 Å². The first-order valence-electron chi connectivity index (χ1n) is 7.45. The van der Waals surface area contributed by atoms with Crippen LogP contribution in [0.5, 0.6) is 0 Å². The van der Waals surface area contributed by atoms with Gasteiger partial charge in [0.25, 0.3) is 5.91 Å². The molecule has 2 rings (SSSR count). The molecule has 20 heavy (non-hydrogen) atoms. The van der Waals surface area contributed by atoms with Crippen LogP contribution < -0.4 is 5.32 Å². The average molecular weight is 276 g/mol. The zero-order chi connectivity index (χ0) is 14.4. The van der Waals surface area contributed by atoms with Crippen LogP contribution in [0.4, 0.5) is 0 Å². The highest BCUT2D eigenvalue weighted by atomic mass is 16.1.